The molecule has 0 bridgehead atoms. The maximum Gasteiger partial charge on any atom is 0.185 e. The predicted octanol–water partition coefficient (Wildman–Crippen LogP) is 2.75. The Morgan fingerprint density at radius 1 is 1.37 bits per heavy atom. The third-order valence-electron chi connectivity index (χ3n) is 2.80. The van der Waals surface area contributed by atoms with Gasteiger partial charge in [-0.15, -0.1) is 11.3 Å². The first-order chi connectivity index (χ1) is 9.04. The van der Waals surface area contributed by atoms with Gasteiger partial charge in [-0.25, -0.2) is 4.98 Å². The first-order valence-corrected chi connectivity index (χ1v) is 7.77. The van der Waals surface area contributed by atoms with Gasteiger partial charge < -0.3 is 15.0 Å². The number of aromatic nitrogens is 1. The lowest BCUT2D eigenvalue weighted by atomic mass is 10.2. The molecule has 0 unspecified atom stereocenters. The van der Waals surface area contributed by atoms with Gasteiger partial charge in [0.05, 0.1) is 6.61 Å². The van der Waals surface area contributed by atoms with Crippen molar-refractivity contribution in [3.05, 3.63) is 11.1 Å². The molecule has 0 aromatic carbocycles. The molecule has 1 N–H and O–H groups in total. The zero-order valence-electron chi connectivity index (χ0n) is 12.8. The zero-order chi connectivity index (χ0) is 14.3. The fourth-order valence-corrected chi connectivity index (χ4v) is 2.80. The van der Waals surface area contributed by atoms with Crippen LogP contribution in [0.5, 0.6) is 0 Å². The van der Waals surface area contributed by atoms with Gasteiger partial charge in [-0.2, -0.15) is 0 Å². The number of thiazole rings is 1. The van der Waals surface area contributed by atoms with Crippen LogP contribution in [0.1, 0.15) is 32.6 Å². The van der Waals surface area contributed by atoms with E-state index in [4.69, 9.17) is 4.74 Å². The van der Waals surface area contributed by atoms with Crippen LogP contribution in [0.4, 0.5) is 5.13 Å². The average Bonchev–Trinajstić information content (AvgIpc) is 2.77. The molecule has 0 radical (unpaired) electrons. The molecule has 1 aromatic heterocycles. The van der Waals surface area contributed by atoms with Crippen molar-refractivity contribution < 1.29 is 4.74 Å². The molecule has 1 aromatic rings. The first kappa shape index (κ1) is 16.4. The summed E-state index contributed by atoms with van der Waals surface area (Å²) in [5, 5.41) is 4.54. The van der Waals surface area contributed by atoms with Crippen LogP contribution in [0.15, 0.2) is 6.20 Å². The number of nitrogens with one attached hydrogen (secondary N) is 1. The van der Waals surface area contributed by atoms with Gasteiger partial charge in [-0.1, -0.05) is 13.8 Å². The molecule has 0 amide bonds. The largest absolute Gasteiger partial charge is 0.383 e. The summed E-state index contributed by atoms with van der Waals surface area (Å²) in [6.45, 7) is 12.4. The third kappa shape index (κ3) is 5.89. The highest BCUT2D eigenvalue weighted by Gasteiger charge is 2.14. The molecule has 110 valence electrons. The summed E-state index contributed by atoms with van der Waals surface area (Å²) in [6, 6.07) is 0.442. The molecule has 1 heterocycles. The molecular formula is C14H27N3OS. The van der Waals surface area contributed by atoms with E-state index in [0.717, 1.165) is 31.4 Å². The third-order valence-corrected chi connectivity index (χ3v) is 3.83. The van der Waals surface area contributed by atoms with Crippen molar-refractivity contribution in [2.75, 3.05) is 31.7 Å². The average molecular weight is 285 g/mol. The van der Waals surface area contributed by atoms with Crippen LogP contribution >= 0.6 is 11.3 Å². The molecule has 5 heteroatoms. The molecular weight excluding hydrogens is 258 g/mol. The summed E-state index contributed by atoms with van der Waals surface area (Å²) < 4.78 is 5.16. The number of anilines is 1. The van der Waals surface area contributed by atoms with Crippen LogP contribution in [-0.4, -0.2) is 37.8 Å². The summed E-state index contributed by atoms with van der Waals surface area (Å²) in [6.07, 6.45) is 1.98. The van der Waals surface area contributed by atoms with E-state index in [2.05, 4.69) is 42.9 Å². The molecule has 1 rings (SSSR count). The molecule has 19 heavy (non-hydrogen) atoms. The van der Waals surface area contributed by atoms with E-state index in [0.29, 0.717) is 12.0 Å². The Labute approximate surface area is 121 Å². The van der Waals surface area contributed by atoms with Crippen molar-refractivity contribution in [1.82, 2.24) is 10.3 Å². The molecule has 4 nitrogen and oxygen atoms in total. The van der Waals surface area contributed by atoms with Crippen molar-refractivity contribution in [2.45, 2.75) is 40.3 Å². The van der Waals surface area contributed by atoms with Crippen molar-refractivity contribution >= 4 is 16.5 Å². The molecule has 0 aliphatic rings. The molecule has 0 aliphatic carbocycles. The lowest BCUT2D eigenvalue weighted by Crippen LogP contribution is -2.33. The quantitative estimate of drug-likeness (QED) is 0.757. The van der Waals surface area contributed by atoms with Gasteiger partial charge in [-0.3, -0.25) is 0 Å². The van der Waals surface area contributed by atoms with Gasteiger partial charge in [0.25, 0.3) is 0 Å². The Kier molecular flexibility index (Phi) is 7.34. The Hall–Kier alpha value is -0.650. The standard InChI is InChI=1S/C14H27N3OS/c1-11(2)8-15-9-13-10-16-14(19-13)17(12(3)4)6-7-18-5/h10-12,15H,6-9H2,1-5H3. The van der Waals surface area contributed by atoms with E-state index in [1.165, 1.54) is 4.88 Å². The fourth-order valence-electron chi connectivity index (χ4n) is 1.76. The van der Waals surface area contributed by atoms with Crippen LogP contribution in [-0.2, 0) is 11.3 Å². The van der Waals surface area contributed by atoms with E-state index >= 15 is 0 Å². The van der Waals surface area contributed by atoms with Crippen molar-refractivity contribution in [2.24, 2.45) is 5.92 Å². The molecule has 0 saturated carbocycles. The highest BCUT2D eigenvalue weighted by Crippen LogP contribution is 2.24. The minimum Gasteiger partial charge on any atom is -0.383 e. The molecule has 0 atom stereocenters. The van der Waals surface area contributed by atoms with Gasteiger partial charge in [-0.05, 0) is 26.3 Å². The van der Waals surface area contributed by atoms with E-state index in [9.17, 15) is 0 Å². The fraction of sp³-hybridized carbons (Fsp3) is 0.786. The monoisotopic (exact) mass is 285 g/mol. The molecule has 0 spiro atoms. The minimum absolute atomic E-state index is 0.442. The second-order valence-electron chi connectivity index (χ2n) is 5.41. The van der Waals surface area contributed by atoms with E-state index in [-0.39, 0.29) is 0 Å². The molecule has 0 aliphatic heterocycles. The number of methoxy groups -OCH3 is 1. The molecule has 0 fully saturated rings. The summed E-state index contributed by atoms with van der Waals surface area (Å²) in [5.74, 6) is 0.682. The number of nitrogens with zero attached hydrogens (tertiary/aromatic N) is 2. The first-order valence-electron chi connectivity index (χ1n) is 6.95. The summed E-state index contributed by atoms with van der Waals surface area (Å²) in [5.41, 5.74) is 0. The van der Waals surface area contributed by atoms with Crippen molar-refractivity contribution in [3.8, 4) is 0 Å². The van der Waals surface area contributed by atoms with Crippen LogP contribution in [0.2, 0.25) is 0 Å². The second-order valence-corrected chi connectivity index (χ2v) is 6.51. The van der Waals surface area contributed by atoms with Crippen molar-refractivity contribution in [1.29, 1.82) is 0 Å². The highest BCUT2D eigenvalue weighted by molar-refractivity contribution is 7.15. The normalized spacial score (nSPS) is 11.5. The minimum atomic E-state index is 0.442. The zero-order valence-corrected chi connectivity index (χ0v) is 13.6. The van der Waals surface area contributed by atoms with Crippen LogP contribution in [0.25, 0.3) is 0 Å². The number of ether oxygens (including phenoxy) is 1. The van der Waals surface area contributed by atoms with E-state index in [1.807, 2.05) is 6.20 Å². The van der Waals surface area contributed by atoms with Gasteiger partial charge >= 0.3 is 0 Å². The Balaban J connectivity index is 2.54. The Morgan fingerprint density at radius 2 is 2.11 bits per heavy atom. The van der Waals surface area contributed by atoms with Gasteiger partial charge in [0.15, 0.2) is 5.13 Å². The van der Waals surface area contributed by atoms with E-state index in [1.54, 1.807) is 18.4 Å². The smallest absolute Gasteiger partial charge is 0.185 e. The maximum atomic E-state index is 5.16. The lowest BCUT2D eigenvalue weighted by molar-refractivity contribution is 0.204. The van der Waals surface area contributed by atoms with Gasteiger partial charge in [0.2, 0.25) is 0 Å². The second kappa shape index (κ2) is 8.51. The van der Waals surface area contributed by atoms with Gasteiger partial charge in [0, 0.05) is 37.3 Å². The Morgan fingerprint density at radius 3 is 2.68 bits per heavy atom. The SMILES string of the molecule is COCCN(c1ncc(CNCC(C)C)s1)C(C)C. The van der Waals surface area contributed by atoms with Crippen LogP contribution in [0.3, 0.4) is 0 Å². The maximum absolute atomic E-state index is 5.16. The number of hydrogen-bond donors (Lipinski definition) is 1. The lowest BCUT2D eigenvalue weighted by Gasteiger charge is -2.25. The summed E-state index contributed by atoms with van der Waals surface area (Å²) >= 11 is 1.77. The van der Waals surface area contributed by atoms with E-state index < -0.39 is 0 Å². The summed E-state index contributed by atoms with van der Waals surface area (Å²) in [7, 11) is 1.74. The highest BCUT2D eigenvalue weighted by atomic mass is 32.1. The molecule has 0 saturated heterocycles. The topological polar surface area (TPSA) is 37.4 Å². The van der Waals surface area contributed by atoms with Gasteiger partial charge in [0.1, 0.15) is 0 Å². The summed E-state index contributed by atoms with van der Waals surface area (Å²) in [4.78, 5) is 8.12. The predicted molar refractivity (Wildman–Crippen MR) is 83.0 cm³/mol. The Bertz CT molecular complexity index is 352. The van der Waals surface area contributed by atoms with Crippen LogP contribution < -0.4 is 10.2 Å². The number of rotatable bonds is 9. The number of hydrogen-bond acceptors (Lipinski definition) is 5. The van der Waals surface area contributed by atoms with Crippen LogP contribution in [0, 0.1) is 5.92 Å². The van der Waals surface area contributed by atoms with Crippen molar-refractivity contribution in [3.63, 3.8) is 0 Å².